The van der Waals surface area contributed by atoms with Crippen molar-refractivity contribution in [3.8, 4) is 23.0 Å². The van der Waals surface area contributed by atoms with E-state index in [1.807, 2.05) is 39.0 Å². The summed E-state index contributed by atoms with van der Waals surface area (Å²) in [6.07, 6.45) is -0.00632. The van der Waals surface area contributed by atoms with E-state index in [1.165, 1.54) is 0 Å². The average molecular weight is 387 g/mol. The molecule has 0 aliphatic carbocycles. The van der Waals surface area contributed by atoms with Crippen LogP contribution in [-0.2, 0) is 11.3 Å². The number of hydrogen-bond acceptors (Lipinski definition) is 5. The van der Waals surface area contributed by atoms with Gasteiger partial charge in [0.2, 0.25) is 0 Å². The average Bonchev–Trinajstić information content (AvgIpc) is 2.72. The zero-order valence-corrected chi connectivity index (χ0v) is 17.0. The molecule has 1 N–H and O–H groups in total. The lowest BCUT2D eigenvalue weighted by Gasteiger charge is -2.18. The van der Waals surface area contributed by atoms with Gasteiger partial charge in [0.05, 0.1) is 20.3 Å². The Morgan fingerprint density at radius 3 is 2.18 bits per heavy atom. The van der Waals surface area contributed by atoms with E-state index in [9.17, 15) is 4.79 Å². The van der Waals surface area contributed by atoms with E-state index in [-0.39, 0.29) is 5.91 Å². The molecular formula is C22H29NO5. The van der Waals surface area contributed by atoms with Crippen molar-refractivity contribution in [3.05, 3.63) is 48.0 Å². The van der Waals surface area contributed by atoms with E-state index in [2.05, 4.69) is 5.32 Å². The van der Waals surface area contributed by atoms with E-state index in [0.717, 1.165) is 11.3 Å². The summed E-state index contributed by atoms with van der Waals surface area (Å²) in [4.78, 5) is 12.5. The Bertz CT molecular complexity index is 745. The molecule has 6 heteroatoms. The Balaban J connectivity index is 1.97. The number of methoxy groups -OCH3 is 1. The summed E-state index contributed by atoms with van der Waals surface area (Å²) in [5, 5.41) is 2.93. The predicted molar refractivity (Wildman–Crippen MR) is 108 cm³/mol. The molecular weight excluding hydrogens is 358 g/mol. The van der Waals surface area contributed by atoms with Gasteiger partial charge in [-0.3, -0.25) is 4.79 Å². The van der Waals surface area contributed by atoms with Crippen LogP contribution >= 0.6 is 0 Å². The fraction of sp³-hybridized carbons (Fsp3) is 0.409. The molecule has 0 saturated carbocycles. The smallest absolute Gasteiger partial charge is 0.261 e. The molecule has 0 spiro atoms. The van der Waals surface area contributed by atoms with Crippen molar-refractivity contribution < 1.29 is 23.7 Å². The molecule has 0 aliphatic heterocycles. The Morgan fingerprint density at radius 1 is 0.929 bits per heavy atom. The molecule has 0 heterocycles. The molecule has 28 heavy (non-hydrogen) atoms. The fourth-order valence-corrected chi connectivity index (χ4v) is 2.65. The molecule has 0 aliphatic rings. The van der Waals surface area contributed by atoms with Gasteiger partial charge in [0, 0.05) is 6.54 Å². The van der Waals surface area contributed by atoms with Gasteiger partial charge >= 0.3 is 0 Å². The topological polar surface area (TPSA) is 66.0 Å². The summed E-state index contributed by atoms with van der Waals surface area (Å²) in [5.74, 6) is 2.59. The highest BCUT2D eigenvalue weighted by atomic mass is 16.5. The first kappa shape index (κ1) is 21.4. The normalized spacial score (nSPS) is 11.4. The van der Waals surface area contributed by atoms with Crippen molar-refractivity contribution in [2.75, 3.05) is 20.3 Å². The fourth-order valence-electron chi connectivity index (χ4n) is 2.65. The van der Waals surface area contributed by atoms with Crippen LogP contribution in [0.4, 0.5) is 0 Å². The molecule has 0 aromatic heterocycles. The molecule has 2 aromatic carbocycles. The van der Waals surface area contributed by atoms with Crippen molar-refractivity contribution in [1.29, 1.82) is 0 Å². The summed E-state index contributed by atoms with van der Waals surface area (Å²) >= 11 is 0. The lowest BCUT2D eigenvalue weighted by Crippen LogP contribution is -2.37. The van der Waals surface area contributed by atoms with Crippen LogP contribution in [0.1, 0.15) is 32.8 Å². The molecule has 6 nitrogen and oxygen atoms in total. The number of rotatable bonds is 11. The molecule has 152 valence electrons. The summed E-state index contributed by atoms with van der Waals surface area (Å²) in [5.41, 5.74) is 0.930. The molecule has 2 aromatic rings. The molecule has 1 atom stereocenters. The van der Waals surface area contributed by atoms with Crippen molar-refractivity contribution in [2.45, 2.75) is 39.8 Å². The molecule has 0 unspecified atom stereocenters. The van der Waals surface area contributed by atoms with Crippen molar-refractivity contribution in [2.24, 2.45) is 0 Å². The Hall–Kier alpha value is -2.89. The maximum absolute atomic E-state index is 12.5. The van der Waals surface area contributed by atoms with Gasteiger partial charge in [0.25, 0.3) is 5.91 Å². The van der Waals surface area contributed by atoms with Crippen LogP contribution < -0.4 is 24.3 Å². The number of carbonyl (C=O) groups excluding carboxylic acids is 1. The zero-order chi connectivity index (χ0) is 20.4. The molecule has 1 amide bonds. The van der Waals surface area contributed by atoms with Gasteiger partial charge in [0.15, 0.2) is 17.6 Å². The third-order valence-corrected chi connectivity index (χ3v) is 4.08. The highest BCUT2D eigenvalue weighted by Crippen LogP contribution is 2.28. The third kappa shape index (κ3) is 6.08. The van der Waals surface area contributed by atoms with Crippen LogP contribution in [0.5, 0.6) is 23.0 Å². The monoisotopic (exact) mass is 387 g/mol. The van der Waals surface area contributed by atoms with Gasteiger partial charge in [-0.2, -0.15) is 0 Å². The van der Waals surface area contributed by atoms with Gasteiger partial charge in [-0.05, 0) is 62.2 Å². The molecule has 2 rings (SSSR count). The van der Waals surface area contributed by atoms with Crippen molar-refractivity contribution in [1.82, 2.24) is 5.32 Å². The zero-order valence-electron chi connectivity index (χ0n) is 17.0. The number of hydrogen-bond donors (Lipinski definition) is 1. The Morgan fingerprint density at radius 2 is 1.57 bits per heavy atom. The number of benzene rings is 2. The number of ether oxygens (including phenoxy) is 4. The highest BCUT2D eigenvalue weighted by molar-refractivity contribution is 5.81. The van der Waals surface area contributed by atoms with Crippen molar-refractivity contribution >= 4 is 5.91 Å². The van der Waals surface area contributed by atoms with Crippen LogP contribution in [0.15, 0.2) is 42.5 Å². The summed E-state index contributed by atoms with van der Waals surface area (Å²) in [6.45, 7) is 7.26. The molecule has 0 fully saturated rings. The SMILES string of the molecule is CCOc1ccc(CNC(=O)[C@H](CC)Oc2ccc(OC)cc2)cc1OCC. The second-order valence-corrected chi connectivity index (χ2v) is 6.06. The largest absolute Gasteiger partial charge is 0.497 e. The quantitative estimate of drug-likeness (QED) is 0.632. The van der Waals surface area contributed by atoms with Gasteiger partial charge in [-0.15, -0.1) is 0 Å². The first-order chi connectivity index (χ1) is 13.6. The van der Waals surface area contributed by atoms with Crippen LogP contribution in [0.25, 0.3) is 0 Å². The van der Waals surface area contributed by atoms with E-state index in [4.69, 9.17) is 18.9 Å². The second-order valence-electron chi connectivity index (χ2n) is 6.06. The third-order valence-electron chi connectivity index (χ3n) is 4.08. The highest BCUT2D eigenvalue weighted by Gasteiger charge is 2.18. The van der Waals surface area contributed by atoms with E-state index >= 15 is 0 Å². The van der Waals surface area contributed by atoms with E-state index < -0.39 is 6.10 Å². The first-order valence-corrected chi connectivity index (χ1v) is 9.58. The molecule has 0 saturated heterocycles. The van der Waals surface area contributed by atoms with Gasteiger partial charge < -0.3 is 24.3 Å². The number of carbonyl (C=O) groups is 1. The van der Waals surface area contributed by atoms with Crippen LogP contribution in [0, 0.1) is 0 Å². The standard InChI is InChI=1S/C22H29NO5/c1-5-19(28-18-11-9-17(25-4)10-12-18)22(24)23-15-16-8-13-20(26-6-2)21(14-16)27-7-3/h8-14,19H,5-7,15H2,1-4H3,(H,23,24)/t19-/m0/s1. The van der Waals surface area contributed by atoms with Gasteiger partial charge in [0.1, 0.15) is 11.5 Å². The summed E-state index contributed by atoms with van der Waals surface area (Å²) in [6, 6.07) is 12.8. The van der Waals surface area contributed by atoms with Crippen molar-refractivity contribution in [3.63, 3.8) is 0 Å². The Labute approximate surface area is 166 Å². The summed E-state index contributed by atoms with van der Waals surface area (Å²) < 4.78 is 22.1. The maximum atomic E-state index is 12.5. The van der Waals surface area contributed by atoms with Crippen LogP contribution in [-0.4, -0.2) is 32.3 Å². The minimum atomic E-state index is -0.567. The lowest BCUT2D eigenvalue weighted by molar-refractivity contribution is -0.128. The van der Waals surface area contributed by atoms with Gasteiger partial charge in [-0.25, -0.2) is 0 Å². The van der Waals surface area contributed by atoms with Crippen LogP contribution in [0.2, 0.25) is 0 Å². The molecule has 0 radical (unpaired) electrons. The number of nitrogens with one attached hydrogen (secondary N) is 1. The predicted octanol–water partition coefficient (Wildman–Crippen LogP) is 3.97. The first-order valence-electron chi connectivity index (χ1n) is 9.58. The minimum Gasteiger partial charge on any atom is -0.497 e. The summed E-state index contributed by atoms with van der Waals surface area (Å²) in [7, 11) is 1.61. The van der Waals surface area contributed by atoms with Gasteiger partial charge in [-0.1, -0.05) is 13.0 Å². The molecule has 0 bridgehead atoms. The second kappa shape index (κ2) is 11.1. The lowest BCUT2D eigenvalue weighted by atomic mass is 10.2. The minimum absolute atomic E-state index is 0.162. The van der Waals surface area contributed by atoms with E-state index in [1.54, 1.807) is 31.4 Å². The van der Waals surface area contributed by atoms with Crippen LogP contribution in [0.3, 0.4) is 0 Å². The Kier molecular flexibility index (Phi) is 8.46. The van der Waals surface area contributed by atoms with E-state index in [0.29, 0.717) is 43.4 Å². The maximum Gasteiger partial charge on any atom is 0.261 e. The number of amides is 1.